The molecule has 0 unspecified atom stereocenters. The average molecular weight is 384 g/mol. The second-order valence-electron chi connectivity index (χ2n) is 6.09. The Kier molecular flexibility index (Phi) is 6.55. The summed E-state index contributed by atoms with van der Waals surface area (Å²) in [5.74, 6) is 1.27. The average Bonchev–Trinajstić information content (AvgIpc) is 2.70. The third kappa shape index (κ3) is 5.14. The Morgan fingerprint density at radius 1 is 1.04 bits per heavy atom. The zero-order valence-electron chi connectivity index (χ0n) is 15.2. The van der Waals surface area contributed by atoms with E-state index in [1.165, 1.54) is 0 Å². The number of hydrogen-bond acceptors (Lipinski definition) is 3. The summed E-state index contributed by atoms with van der Waals surface area (Å²) in [5, 5.41) is 5.68. The third-order valence-electron chi connectivity index (χ3n) is 4.16. The van der Waals surface area contributed by atoms with Crippen molar-refractivity contribution in [3.63, 3.8) is 0 Å². The van der Waals surface area contributed by atoms with Crippen LogP contribution in [-0.2, 0) is 4.79 Å². The van der Waals surface area contributed by atoms with Crippen LogP contribution in [0.25, 0.3) is 10.8 Å². The first kappa shape index (κ1) is 19.1. The summed E-state index contributed by atoms with van der Waals surface area (Å²) in [4.78, 5) is 12.4. The molecular formula is C22H22ClNO3. The van der Waals surface area contributed by atoms with Gasteiger partial charge in [-0.1, -0.05) is 54.9 Å². The van der Waals surface area contributed by atoms with Crippen LogP contribution in [-0.4, -0.2) is 25.2 Å². The molecule has 0 aliphatic heterocycles. The summed E-state index contributed by atoms with van der Waals surface area (Å²) < 4.78 is 11.6. The number of carbonyl (C=O) groups excluding carboxylic acids is 1. The number of halogens is 1. The van der Waals surface area contributed by atoms with Gasteiger partial charge in [-0.25, -0.2) is 0 Å². The summed E-state index contributed by atoms with van der Waals surface area (Å²) in [6.45, 7) is 2.70. The van der Waals surface area contributed by atoms with Gasteiger partial charge in [0.1, 0.15) is 18.1 Å². The lowest BCUT2D eigenvalue weighted by molar-refractivity contribution is -0.128. The highest BCUT2D eigenvalue weighted by Crippen LogP contribution is 2.24. The fourth-order valence-electron chi connectivity index (χ4n) is 2.77. The first-order valence-electron chi connectivity index (χ1n) is 8.98. The lowest BCUT2D eigenvalue weighted by Crippen LogP contribution is -2.39. The van der Waals surface area contributed by atoms with E-state index in [-0.39, 0.29) is 5.91 Å². The van der Waals surface area contributed by atoms with E-state index < -0.39 is 6.10 Å². The number of amides is 1. The number of ether oxygens (including phenoxy) is 2. The van der Waals surface area contributed by atoms with Crippen LogP contribution in [0.1, 0.15) is 13.3 Å². The van der Waals surface area contributed by atoms with Crippen molar-refractivity contribution >= 4 is 28.3 Å². The molecule has 0 heterocycles. The van der Waals surface area contributed by atoms with E-state index in [1.807, 2.05) is 49.4 Å². The Labute approximate surface area is 164 Å². The number of carbonyl (C=O) groups is 1. The molecule has 1 atom stereocenters. The predicted octanol–water partition coefficient (Wildman–Crippen LogP) is 4.85. The zero-order chi connectivity index (χ0) is 19.1. The first-order valence-corrected chi connectivity index (χ1v) is 9.35. The quantitative estimate of drug-likeness (QED) is 0.566. The molecule has 0 aliphatic carbocycles. The minimum Gasteiger partial charge on any atom is -0.491 e. The van der Waals surface area contributed by atoms with E-state index in [9.17, 15) is 4.79 Å². The Bertz CT molecular complexity index is 890. The molecule has 5 heteroatoms. The molecule has 3 aromatic rings. The Balaban J connectivity index is 1.50. The molecular weight excluding hydrogens is 362 g/mol. The Morgan fingerprint density at radius 2 is 1.78 bits per heavy atom. The van der Waals surface area contributed by atoms with Crippen molar-refractivity contribution in [3.05, 3.63) is 71.8 Å². The normalized spacial score (nSPS) is 11.8. The SMILES string of the molecule is CC[C@H](Oc1ccc(Cl)cc1)C(=O)NCCOc1cccc2ccccc12. The van der Waals surface area contributed by atoms with Gasteiger partial charge in [-0.2, -0.15) is 0 Å². The number of fused-ring (bicyclic) bond motifs is 1. The third-order valence-corrected chi connectivity index (χ3v) is 4.42. The predicted molar refractivity (Wildman–Crippen MR) is 109 cm³/mol. The second-order valence-corrected chi connectivity index (χ2v) is 6.52. The fourth-order valence-corrected chi connectivity index (χ4v) is 2.90. The summed E-state index contributed by atoms with van der Waals surface area (Å²) >= 11 is 5.87. The standard InChI is InChI=1S/C22H22ClNO3/c1-2-20(27-18-12-10-17(23)11-13-18)22(25)24-14-15-26-21-9-5-7-16-6-3-4-8-19(16)21/h3-13,20H,2,14-15H2,1H3,(H,24,25)/t20-/m0/s1. The molecule has 0 saturated carbocycles. The van der Waals surface area contributed by atoms with Crippen LogP contribution in [0.5, 0.6) is 11.5 Å². The number of hydrogen-bond donors (Lipinski definition) is 1. The van der Waals surface area contributed by atoms with Gasteiger partial charge in [0.2, 0.25) is 0 Å². The van der Waals surface area contributed by atoms with E-state index >= 15 is 0 Å². The van der Waals surface area contributed by atoms with Crippen LogP contribution in [0.3, 0.4) is 0 Å². The van der Waals surface area contributed by atoms with Gasteiger partial charge in [0.05, 0.1) is 6.54 Å². The number of nitrogens with one attached hydrogen (secondary N) is 1. The highest BCUT2D eigenvalue weighted by Gasteiger charge is 2.17. The van der Waals surface area contributed by atoms with Crippen molar-refractivity contribution in [2.75, 3.05) is 13.2 Å². The molecule has 0 radical (unpaired) electrons. The maximum Gasteiger partial charge on any atom is 0.261 e. The lowest BCUT2D eigenvalue weighted by Gasteiger charge is -2.17. The van der Waals surface area contributed by atoms with E-state index in [0.717, 1.165) is 16.5 Å². The molecule has 140 valence electrons. The molecule has 1 N–H and O–H groups in total. The van der Waals surface area contributed by atoms with Crippen molar-refractivity contribution in [2.45, 2.75) is 19.4 Å². The highest BCUT2D eigenvalue weighted by molar-refractivity contribution is 6.30. The van der Waals surface area contributed by atoms with E-state index in [2.05, 4.69) is 5.32 Å². The molecule has 3 aromatic carbocycles. The molecule has 0 aliphatic rings. The number of benzene rings is 3. The zero-order valence-corrected chi connectivity index (χ0v) is 15.9. The van der Waals surface area contributed by atoms with Crippen LogP contribution in [0.4, 0.5) is 0 Å². The maximum atomic E-state index is 12.4. The van der Waals surface area contributed by atoms with Gasteiger partial charge in [0, 0.05) is 10.4 Å². The Morgan fingerprint density at radius 3 is 2.56 bits per heavy atom. The molecule has 0 spiro atoms. The molecule has 0 saturated heterocycles. The van der Waals surface area contributed by atoms with Crippen LogP contribution < -0.4 is 14.8 Å². The topological polar surface area (TPSA) is 47.6 Å². The monoisotopic (exact) mass is 383 g/mol. The number of rotatable bonds is 8. The van der Waals surface area contributed by atoms with Gasteiger partial charge in [-0.05, 0) is 42.1 Å². The summed E-state index contributed by atoms with van der Waals surface area (Å²) in [7, 11) is 0. The largest absolute Gasteiger partial charge is 0.491 e. The van der Waals surface area contributed by atoms with Gasteiger partial charge in [0.25, 0.3) is 5.91 Å². The highest BCUT2D eigenvalue weighted by atomic mass is 35.5. The molecule has 0 bridgehead atoms. The first-order chi connectivity index (χ1) is 13.2. The summed E-state index contributed by atoms with van der Waals surface area (Å²) in [6.07, 6.45) is 0.0160. The lowest BCUT2D eigenvalue weighted by atomic mass is 10.1. The van der Waals surface area contributed by atoms with Crippen molar-refractivity contribution in [2.24, 2.45) is 0 Å². The van der Waals surface area contributed by atoms with E-state index in [0.29, 0.717) is 30.3 Å². The van der Waals surface area contributed by atoms with Crippen molar-refractivity contribution in [1.82, 2.24) is 5.32 Å². The van der Waals surface area contributed by atoms with Crippen molar-refractivity contribution < 1.29 is 14.3 Å². The van der Waals surface area contributed by atoms with Crippen molar-refractivity contribution in [3.8, 4) is 11.5 Å². The second kappa shape index (κ2) is 9.28. The van der Waals surface area contributed by atoms with Crippen molar-refractivity contribution in [1.29, 1.82) is 0 Å². The smallest absolute Gasteiger partial charge is 0.261 e. The van der Waals surface area contributed by atoms with Gasteiger partial charge in [0.15, 0.2) is 6.10 Å². The van der Waals surface area contributed by atoms with Crippen LogP contribution >= 0.6 is 11.6 Å². The van der Waals surface area contributed by atoms with Crippen LogP contribution in [0, 0.1) is 0 Å². The molecule has 27 heavy (non-hydrogen) atoms. The molecule has 0 fully saturated rings. The molecule has 4 nitrogen and oxygen atoms in total. The minimum atomic E-state index is -0.552. The van der Waals surface area contributed by atoms with Crippen LogP contribution in [0.2, 0.25) is 5.02 Å². The van der Waals surface area contributed by atoms with Gasteiger partial charge < -0.3 is 14.8 Å². The molecule has 1 amide bonds. The maximum absolute atomic E-state index is 12.4. The summed E-state index contributed by atoms with van der Waals surface area (Å²) in [5.41, 5.74) is 0. The van der Waals surface area contributed by atoms with Crippen LogP contribution in [0.15, 0.2) is 66.7 Å². The molecule has 3 rings (SSSR count). The van der Waals surface area contributed by atoms with Gasteiger partial charge in [-0.3, -0.25) is 4.79 Å². The summed E-state index contributed by atoms with van der Waals surface area (Å²) in [6, 6.07) is 21.0. The van der Waals surface area contributed by atoms with Gasteiger partial charge in [-0.15, -0.1) is 0 Å². The van der Waals surface area contributed by atoms with Gasteiger partial charge >= 0.3 is 0 Å². The Hall–Kier alpha value is -2.72. The van der Waals surface area contributed by atoms with E-state index in [4.69, 9.17) is 21.1 Å². The van der Waals surface area contributed by atoms with E-state index in [1.54, 1.807) is 24.3 Å². The molecule has 0 aromatic heterocycles. The minimum absolute atomic E-state index is 0.158. The fraction of sp³-hybridized carbons (Fsp3) is 0.227.